The molecule has 2 saturated heterocycles. The van der Waals surface area contributed by atoms with Gasteiger partial charge < -0.3 is 15.2 Å². The molecule has 0 radical (unpaired) electrons. The molecular formula is C9H17NO2. The van der Waals surface area contributed by atoms with Crippen LogP contribution in [-0.2, 0) is 4.74 Å². The molecule has 0 saturated carbocycles. The number of nitrogens with one attached hydrogen (secondary N) is 1. The molecule has 3 heteroatoms. The van der Waals surface area contributed by atoms with Crippen LogP contribution in [0.25, 0.3) is 0 Å². The van der Waals surface area contributed by atoms with Gasteiger partial charge in [-0.05, 0) is 31.7 Å². The van der Waals surface area contributed by atoms with E-state index in [0.29, 0.717) is 5.92 Å². The molecule has 1 unspecified atom stereocenters. The zero-order valence-corrected chi connectivity index (χ0v) is 7.38. The molecule has 70 valence electrons. The normalized spacial score (nSPS) is 38.8. The van der Waals surface area contributed by atoms with Crippen LogP contribution >= 0.6 is 0 Å². The third-order valence-corrected chi connectivity index (χ3v) is 3.15. The summed E-state index contributed by atoms with van der Waals surface area (Å²) < 4.78 is 5.27. The van der Waals surface area contributed by atoms with E-state index in [0.717, 1.165) is 45.6 Å². The first-order valence-corrected chi connectivity index (χ1v) is 4.82. The number of β-amino-alcohol motifs (C(OH)–C–C–N with tert-alkyl or cyclic N) is 1. The van der Waals surface area contributed by atoms with Crippen molar-refractivity contribution in [2.24, 2.45) is 5.92 Å². The van der Waals surface area contributed by atoms with Gasteiger partial charge in [0.1, 0.15) is 0 Å². The van der Waals surface area contributed by atoms with Crippen molar-refractivity contribution in [3.8, 4) is 0 Å². The van der Waals surface area contributed by atoms with Crippen molar-refractivity contribution >= 4 is 0 Å². The maximum absolute atomic E-state index is 10.2. The van der Waals surface area contributed by atoms with Crippen LogP contribution in [0.15, 0.2) is 0 Å². The number of hydrogen-bond donors (Lipinski definition) is 2. The van der Waals surface area contributed by atoms with E-state index in [1.807, 2.05) is 0 Å². The van der Waals surface area contributed by atoms with Crippen molar-refractivity contribution in [1.82, 2.24) is 5.32 Å². The van der Waals surface area contributed by atoms with Gasteiger partial charge in [-0.1, -0.05) is 0 Å². The van der Waals surface area contributed by atoms with Crippen LogP contribution in [-0.4, -0.2) is 37.0 Å². The Hall–Kier alpha value is -0.120. The first-order chi connectivity index (χ1) is 5.81. The van der Waals surface area contributed by atoms with Crippen LogP contribution in [0.5, 0.6) is 0 Å². The van der Waals surface area contributed by atoms with Gasteiger partial charge in [-0.2, -0.15) is 0 Å². The van der Waals surface area contributed by atoms with Gasteiger partial charge in [-0.15, -0.1) is 0 Å². The lowest BCUT2D eigenvalue weighted by molar-refractivity contribution is -0.0522. The molecule has 1 atom stereocenters. The van der Waals surface area contributed by atoms with Crippen LogP contribution in [0.4, 0.5) is 0 Å². The van der Waals surface area contributed by atoms with Gasteiger partial charge in [0.05, 0.1) is 5.60 Å². The molecule has 2 fully saturated rings. The molecular weight excluding hydrogens is 154 g/mol. The Morgan fingerprint density at radius 2 is 2.08 bits per heavy atom. The molecule has 2 heterocycles. The second-order valence-corrected chi connectivity index (χ2v) is 3.92. The van der Waals surface area contributed by atoms with Crippen molar-refractivity contribution in [2.75, 3.05) is 26.3 Å². The molecule has 12 heavy (non-hydrogen) atoms. The highest BCUT2D eigenvalue weighted by atomic mass is 16.5. The minimum Gasteiger partial charge on any atom is -0.388 e. The fourth-order valence-corrected chi connectivity index (χ4v) is 2.28. The van der Waals surface area contributed by atoms with Gasteiger partial charge in [0.15, 0.2) is 0 Å². The van der Waals surface area contributed by atoms with Crippen molar-refractivity contribution in [3.63, 3.8) is 0 Å². The van der Waals surface area contributed by atoms with Crippen LogP contribution < -0.4 is 5.32 Å². The molecule has 0 bridgehead atoms. The summed E-state index contributed by atoms with van der Waals surface area (Å²) in [5, 5.41) is 13.4. The maximum atomic E-state index is 10.2. The Labute approximate surface area is 73.1 Å². The van der Waals surface area contributed by atoms with Gasteiger partial charge in [-0.25, -0.2) is 0 Å². The number of rotatable bonds is 1. The zero-order valence-electron chi connectivity index (χ0n) is 7.38. The highest BCUT2D eigenvalue weighted by Crippen LogP contribution is 2.31. The summed E-state index contributed by atoms with van der Waals surface area (Å²) in [5.74, 6) is 0.459. The van der Waals surface area contributed by atoms with Crippen molar-refractivity contribution < 1.29 is 9.84 Å². The van der Waals surface area contributed by atoms with Crippen molar-refractivity contribution in [2.45, 2.75) is 24.9 Å². The molecule has 0 spiro atoms. The SMILES string of the molecule is OC1(C2CCOCC2)CCNC1. The first-order valence-electron chi connectivity index (χ1n) is 4.82. The highest BCUT2D eigenvalue weighted by Gasteiger charge is 2.39. The Bertz CT molecular complexity index is 149. The third-order valence-electron chi connectivity index (χ3n) is 3.15. The molecule has 3 nitrogen and oxygen atoms in total. The summed E-state index contributed by atoms with van der Waals surface area (Å²) in [6.07, 6.45) is 2.97. The van der Waals surface area contributed by atoms with E-state index >= 15 is 0 Å². The molecule has 0 aromatic carbocycles. The Morgan fingerprint density at radius 1 is 1.33 bits per heavy atom. The molecule has 2 aliphatic heterocycles. The van der Waals surface area contributed by atoms with Gasteiger partial charge >= 0.3 is 0 Å². The van der Waals surface area contributed by atoms with E-state index in [9.17, 15) is 5.11 Å². The van der Waals surface area contributed by atoms with E-state index in [1.54, 1.807) is 0 Å². The van der Waals surface area contributed by atoms with Crippen molar-refractivity contribution in [3.05, 3.63) is 0 Å². The Kier molecular flexibility index (Phi) is 2.35. The minimum absolute atomic E-state index is 0.427. The molecule has 0 aromatic rings. The van der Waals surface area contributed by atoms with E-state index in [1.165, 1.54) is 0 Å². The number of ether oxygens (including phenoxy) is 1. The smallest absolute Gasteiger partial charge is 0.0813 e. The molecule has 0 aliphatic carbocycles. The van der Waals surface area contributed by atoms with Crippen LogP contribution in [0, 0.1) is 5.92 Å². The summed E-state index contributed by atoms with van der Waals surface area (Å²) in [4.78, 5) is 0. The highest BCUT2D eigenvalue weighted by molar-refractivity contribution is 4.94. The fraction of sp³-hybridized carbons (Fsp3) is 1.00. The summed E-state index contributed by atoms with van der Waals surface area (Å²) in [7, 11) is 0. The summed E-state index contributed by atoms with van der Waals surface area (Å²) in [6.45, 7) is 3.39. The van der Waals surface area contributed by atoms with Gasteiger partial charge in [-0.3, -0.25) is 0 Å². The Morgan fingerprint density at radius 3 is 2.67 bits per heavy atom. The Balaban J connectivity index is 1.96. The number of aliphatic hydroxyl groups is 1. The molecule has 0 aromatic heterocycles. The predicted octanol–water partition coefficient (Wildman–Crippen LogP) is 0.137. The maximum Gasteiger partial charge on any atom is 0.0813 e. The van der Waals surface area contributed by atoms with Crippen LogP contribution in [0.1, 0.15) is 19.3 Å². The fourth-order valence-electron chi connectivity index (χ4n) is 2.28. The molecule has 2 aliphatic rings. The average molecular weight is 171 g/mol. The first kappa shape index (κ1) is 8.48. The van der Waals surface area contributed by atoms with Gasteiger partial charge in [0.2, 0.25) is 0 Å². The lowest BCUT2D eigenvalue weighted by Crippen LogP contribution is -2.42. The largest absolute Gasteiger partial charge is 0.388 e. The van der Waals surface area contributed by atoms with E-state index in [4.69, 9.17) is 4.74 Å². The van der Waals surface area contributed by atoms with Gasteiger partial charge in [0, 0.05) is 19.8 Å². The molecule has 2 rings (SSSR count). The van der Waals surface area contributed by atoms with E-state index in [2.05, 4.69) is 5.32 Å². The minimum atomic E-state index is -0.427. The monoisotopic (exact) mass is 171 g/mol. The average Bonchev–Trinajstić information content (AvgIpc) is 2.55. The van der Waals surface area contributed by atoms with Crippen molar-refractivity contribution in [1.29, 1.82) is 0 Å². The van der Waals surface area contributed by atoms with Crippen LogP contribution in [0.3, 0.4) is 0 Å². The topological polar surface area (TPSA) is 41.5 Å². The third kappa shape index (κ3) is 1.49. The number of hydrogen-bond acceptors (Lipinski definition) is 3. The lowest BCUT2D eigenvalue weighted by Gasteiger charge is -2.34. The second kappa shape index (κ2) is 3.32. The van der Waals surface area contributed by atoms with E-state index < -0.39 is 5.60 Å². The summed E-state index contributed by atoms with van der Waals surface area (Å²) >= 11 is 0. The molecule has 2 N–H and O–H groups in total. The van der Waals surface area contributed by atoms with Gasteiger partial charge in [0.25, 0.3) is 0 Å². The zero-order chi connectivity index (χ0) is 8.44. The summed E-state index contributed by atoms with van der Waals surface area (Å²) in [5.41, 5.74) is -0.427. The lowest BCUT2D eigenvalue weighted by atomic mass is 9.81. The summed E-state index contributed by atoms with van der Waals surface area (Å²) in [6, 6.07) is 0. The van der Waals surface area contributed by atoms with Crippen LogP contribution in [0.2, 0.25) is 0 Å². The second-order valence-electron chi connectivity index (χ2n) is 3.92. The quantitative estimate of drug-likeness (QED) is 0.589. The van der Waals surface area contributed by atoms with E-state index in [-0.39, 0.29) is 0 Å². The predicted molar refractivity (Wildman–Crippen MR) is 46.0 cm³/mol. The standard InChI is InChI=1S/C9H17NO2/c11-9(3-4-10-7-9)8-1-5-12-6-2-8/h8,10-11H,1-7H2. The molecule has 0 amide bonds.